The van der Waals surface area contributed by atoms with E-state index in [1.165, 1.54) is 0 Å². The standard InChI is InChI=1S/C15H14N2O2/c16-12-7-3-1-5-10(12)15(18)17-13-9-19-14-8-4-2-6-11(13)14/h1-8,13H,9,16H2,(H,17,18). The SMILES string of the molecule is Nc1ccccc1C(=O)NC1COc2ccccc21. The van der Waals surface area contributed by atoms with E-state index in [9.17, 15) is 4.79 Å². The summed E-state index contributed by atoms with van der Waals surface area (Å²) in [6, 6.07) is 14.6. The highest BCUT2D eigenvalue weighted by Crippen LogP contribution is 2.31. The van der Waals surface area contributed by atoms with Crippen molar-refractivity contribution in [3.05, 3.63) is 59.7 Å². The fraction of sp³-hybridized carbons (Fsp3) is 0.133. The number of fused-ring (bicyclic) bond motifs is 1. The van der Waals surface area contributed by atoms with Gasteiger partial charge in [-0.3, -0.25) is 4.79 Å². The number of anilines is 1. The molecule has 1 atom stereocenters. The maximum absolute atomic E-state index is 12.2. The Kier molecular flexibility index (Phi) is 2.83. The molecular formula is C15H14N2O2. The van der Waals surface area contributed by atoms with Crippen LogP contribution in [-0.2, 0) is 0 Å². The van der Waals surface area contributed by atoms with Crippen LogP contribution in [0.4, 0.5) is 5.69 Å². The van der Waals surface area contributed by atoms with E-state index in [4.69, 9.17) is 10.5 Å². The van der Waals surface area contributed by atoms with Crippen LogP contribution in [0.2, 0.25) is 0 Å². The predicted octanol–water partition coefficient (Wildman–Crippen LogP) is 2.13. The number of ether oxygens (including phenoxy) is 1. The van der Waals surface area contributed by atoms with Gasteiger partial charge in [0.05, 0.1) is 11.6 Å². The van der Waals surface area contributed by atoms with Crippen LogP contribution in [0.1, 0.15) is 22.0 Å². The van der Waals surface area contributed by atoms with Crippen molar-refractivity contribution in [3.8, 4) is 5.75 Å². The summed E-state index contributed by atoms with van der Waals surface area (Å²) in [7, 11) is 0. The molecule has 3 rings (SSSR count). The molecule has 3 N–H and O–H groups in total. The molecule has 1 heterocycles. The molecule has 4 nitrogen and oxygen atoms in total. The van der Waals surface area contributed by atoms with Crippen LogP contribution in [0.25, 0.3) is 0 Å². The Morgan fingerprint density at radius 3 is 2.74 bits per heavy atom. The molecule has 0 saturated carbocycles. The minimum absolute atomic E-state index is 0.122. The maximum atomic E-state index is 12.2. The first-order chi connectivity index (χ1) is 9.25. The molecule has 96 valence electrons. The van der Waals surface area contributed by atoms with E-state index in [0.717, 1.165) is 11.3 Å². The van der Waals surface area contributed by atoms with Crippen molar-refractivity contribution in [1.82, 2.24) is 5.32 Å². The number of rotatable bonds is 2. The van der Waals surface area contributed by atoms with Crippen LogP contribution in [0.3, 0.4) is 0 Å². The van der Waals surface area contributed by atoms with Crippen molar-refractivity contribution < 1.29 is 9.53 Å². The average molecular weight is 254 g/mol. The topological polar surface area (TPSA) is 64.4 Å². The predicted molar refractivity (Wildman–Crippen MR) is 73.0 cm³/mol. The first-order valence-electron chi connectivity index (χ1n) is 6.13. The molecular weight excluding hydrogens is 240 g/mol. The van der Waals surface area contributed by atoms with Crippen molar-refractivity contribution >= 4 is 11.6 Å². The zero-order chi connectivity index (χ0) is 13.2. The number of carbonyl (C=O) groups is 1. The van der Waals surface area contributed by atoms with E-state index in [1.54, 1.807) is 24.3 Å². The van der Waals surface area contributed by atoms with Crippen molar-refractivity contribution in [1.29, 1.82) is 0 Å². The lowest BCUT2D eigenvalue weighted by atomic mass is 10.1. The molecule has 0 bridgehead atoms. The molecule has 1 aliphatic heterocycles. The lowest BCUT2D eigenvalue weighted by Crippen LogP contribution is -2.29. The van der Waals surface area contributed by atoms with Gasteiger partial charge in [-0.1, -0.05) is 30.3 Å². The summed E-state index contributed by atoms with van der Waals surface area (Å²) >= 11 is 0. The maximum Gasteiger partial charge on any atom is 0.253 e. The lowest BCUT2D eigenvalue weighted by Gasteiger charge is -2.12. The molecule has 2 aromatic carbocycles. The Labute approximate surface area is 111 Å². The number of para-hydroxylation sites is 2. The zero-order valence-electron chi connectivity index (χ0n) is 10.3. The van der Waals surface area contributed by atoms with E-state index in [1.807, 2.05) is 24.3 Å². The van der Waals surface area contributed by atoms with Crippen LogP contribution in [-0.4, -0.2) is 12.5 Å². The van der Waals surface area contributed by atoms with Crippen LogP contribution < -0.4 is 15.8 Å². The molecule has 1 aliphatic rings. The van der Waals surface area contributed by atoms with Crippen LogP contribution in [0.5, 0.6) is 5.75 Å². The van der Waals surface area contributed by atoms with Crippen molar-refractivity contribution in [3.63, 3.8) is 0 Å². The first kappa shape index (κ1) is 11.6. The summed E-state index contributed by atoms with van der Waals surface area (Å²) in [5, 5.41) is 2.95. The molecule has 2 aromatic rings. The second kappa shape index (κ2) is 4.65. The second-order valence-electron chi connectivity index (χ2n) is 4.46. The molecule has 0 fully saturated rings. The van der Waals surface area contributed by atoms with E-state index in [2.05, 4.69) is 5.32 Å². The molecule has 4 heteroatoms. The van der Waals surface area contributed by atoms with E-state index >= 15 is 0 Å². The highest BCUT2D eigenvalue weighted by atomic mass is 16.5. The third-order valence-electron chi connectivity index (χ3n) is 3.21. The number of hydrogen-bond acceptors (Lipinski definition) is 3. The third-order valence-corrected chi connectivity index (χ3v) is 3.21. The van der Waals surface area contributed by atoms with E-state index in [0.29, 0.717) is 17.9 Å². The summed E-state index contributed by atoms with van der Waals surface area (Å²) in [5.74, 6) is 0.650. The van der Waals surface area contributed by atoms with Crippen molar-refractivity contribution in [2.75, 3.05) is 12.3 Å². The van der Waals surface area contributed by atoms with Gasteiger partial charge in [0.15, 0.2) is 0 Å². The fourth-order valence-corrected chi connectivity index (χ4v) is 2.22. The van der Waals surface area contributed by atoms with Crippen LogP contribution in [0.15, 0.2) is 48.5 Å². The Balaban J connectivity index is 1.81. The van der Waals surface area contributed by atoms with Crippen LogP contribution >= 0.6 is 0 Å². The monoisotopic (exact) mass is 254 g/mol. The molecule has 0 aliphatic carbocycles. The van der Waals surface area contributed by atoms with Gasteiger partial charge in [-0.25, -0.2) is 0 Å². The molecule has 0 aromatic heterocycles. The summed E-state index contributed by atoms with van der Waals surface area (Å²) in [5.41, 5.74) is 7.77. The number of benzene rings is 2. The Morgan fingerprint density at radius 2 is 1.89 bits per heavy atom. The summed E-state index contributed by atoms with van der Waals surface area (Å²) < 4.78 is 5.53. The normalized spacial score (nSPS) is 16.5. The molecule has 0 saturated heterocycles. The van der Waals surface area contributed by atoms with Gasteiger partial charge in [-0.2, -0.15) is 0 Å². The number of nitrogens with one attached hydrogen (secondary N) is 1. The smallest absolute Gasteiger partial charge is 0.253 e. The number of nitrogen functional groups attached to an aromatic ring is 1. The zero-order valence-corrected chi connectivity index (χ0v) is 10.3. The fourth-order valence-electron chi connectivity index (χ4n) is 2.22. The number of nitrogens with two attached hydrogens (primary N) is 1. The van der Waals surface area contributed by atoms with Gasteiger partial charge >= 0.3 is 0 Å². The molecule has 1 amide bonds. The molecule has 19 heavy (non-hydrogen) atoms. The van der Waals surface area contributed by atoms with E-state index in [-0.39, 0.29) is 11.9 Å². The minimum Gasteiger partial charge on any atom is -0.491 e. The highest BCUT2D eigenvalue weighted by molar-refractivity contribution is 5.99. The third kappa shape index (κ3) is 2.12. The highest BCUT2D eigenvalue weighted by Gasteiger charge is 2.25. The summed E-state index contributed by atoms with van der Waals surface area (Å²) in [6.45, 7) is 0.456. The largest absolute Gasteiger partial charge is 0.491 e. The Bertz CT molecular complexity index is 625. The van der Waals surface area contributed by atoms with Crippen molar-refractivity contribution in [2.24, 2.45) is 0 Å². The van der Waals surface area contributed by atoms with Gasteiger partial charge < -0.3 is 15.8 Å². The molecule has 0 spiro atoms. The van der Waals surface area contributed by atoms with Gasteiger partial charge in [0.1, 0.15) is 12.4 Å². The number of carbonyl (C=O) groups excluding carboxylic acids is 1. The van der Waals surface area contributed by atoms with Gasteiger partial charge in [-0.05, 0) is 18.2 Å². The lowest BCUT2D eigenvalue weighted by molar-refractivity contribution is 0.0931. The second-order valence-corrected chi connectivity index (χ2v) is 4.46. The molecule has 0 radical (unpaired) electrons. The summed E-state index contributed by atoms with van der Waals surface area (Å²) in [4.78, 5) is 12.2. The number of hydrogen-bond donors (Lipinski definition) is 2. The van der Waals surface area contributed by atoms with Crippen LogP contribution in [0, 0.1) is 0 Å². The van der Waals surface area contributed by atoms with Gasteiger partial charge in [-0.15, -0.1) is 0 Å². The minimum atomic E-state index is -0.177. The van der Waals surface area contributed by atoms with Crippen molar-refractivity contribution in [2.45, 2.75) is 6.04 Å². The summed E-state index contributed by atoms with van der Waals surface area (Å²) in [6.07, 6.45) is 0. The van der Waals surface area contributed by atoms with E-state index < -0.39 is 0 Å². The van der Waals surface area contributed by atoms with Gasteiger partial charge in [0, 0.05) is 11.3 Å². The quantitative estimate of drug-likeness (QED) is 0.807. The Hall–Kier alpha value is -2.49. The average Bonchev–Trinajstić information content (AvgIpc) is 2.83. The molecule has 1 unspecified atom stereocenters. The Morgan fingerprint density at radius 1 is 1.16 bits per heavy atom. The number of amides is 1. The van der Waals surface area contributed by atoms with Gasteiger partial charge in [0.2, 0.25) is 0 Å². The first-order valence-corrected chi connectivity index (χ1v) is 6.13. The van der Waals surface area contributed by atoms with Gasteiger partial charge in [0.25, 0.3) is 5.91 Å².